The molecule has 1 N–H and O–H groups in total. The van der Waals surface area contributed by atoms with Crippen LogP contribution in [0.15, 0.2) is 5.18 Å². The molecule has 2 atom stereocenters. The third kappa shape index (κ3) is 16.2. The van der Waals surface area contributed by atoms with Gasteiger partial charge in [0, 0.05) is 0 Å². The highest BCUT2D eigenvalue weighted by molar-refractivity contribution is 4.87. The van der Waals surface area contributed by atoms with Crippen LogP contribution in [0.3, 0.4) is 0 Å². The minimum absolute atomic E-state index is 0.652. The third-order valence-corrected chi connectivity index (χ3v) is 6.15. The highest BCUT2D eigenvalue weighted by Crippen LogP contribution is 2.24. The molecule has 0 aliphatic rings. The van der Waals surface area contributed by atoms with E-state index in [1.54, 1.807) is 13.8 Å². The minimum Gasteiger partial charge on any atom is -0.391 e. The summed E-state index contributed by atoms with van der Waals surface area (Å²) in [6, 6.07) is 0. The first-order valence-corrected chi connectivity index (χ1v) is 12.1. The van der Waals surface area contributed by atoms with Crippen molar-refractivity contribution in [2.75, 3.05) is 0 Å². The van der Waals surface area contributed by atoms with Gasteiger partial charge in [0.15, 0.2) is 0 Å². The Morgan fingerprint density at radius 2 is 0.963 bits per heavy atom. The zero-order chi connectivity index (χ0) is 20.2. The molecular formula is C24H49NO2. The number of aliphatic hydroxyl groups excluding tert-OH is 1. The van der Waals surface area contributed by atoms with Gasteiger partial charge < -0.3 is 5.11 Å². The van der Waals surface area contributed by atoms with Crippen LogP contribution in [0.25, 0.3) is 0 Å². The van der Waals surface area contributed by atoms with E-state index in [1.807, 2.05) is 0 Å². The van der Waals surface area contributed by atoms with E-state index in [0.717, 1.165) is 12.8 Å². The van der Waals surface area contributed by atoms with E-state index < -0.39 is 11.6 Å². The lowest BCUT2D eigenvalue weighted by Gasteiger charge is -2.24. The molecule has 0 heterocycles. The fourth-order valence-electron chi connectivity index (χ4n) is 3.72. The highest BCUT2D eigenvalue weighted by atomic mass is 16.3. The Morgan fingerprint density at radius 3 is 1.22 bits per heavy atom. The number of rotatable bonds is 21. The fourth-order valence-corrected chi connectivity index (χ4v) is 3.72. The molecule has 27 heavy (non-hydrogen) atoms. The first-order valence-electron chi connectivity index (χ1n) is 12.1. The summed E-state index contributed by atoms with van der Waals surface area (Å²) in [4.78, 5) is 10.9. The normalized spacial score (nSPS) is 14.8. The smallest absolute Gasteiger partial charge is 0.125 e. The molecule has 0 aromatic rings. The molecule has 0 aliphatic heterocycles. The van der Waals surface area contributed by atoms with E-state index >= 15 is 0 Å². The van der Waals surface area contributed by atoms with E-state index in [0.29, 0.717) is 6.42 Å². The molecule has 0 saturated carbocycles. The third-order valence-electron chi connectivity index (χ3n) is 6.15. The van der Waals surface area contributed by atoms with Crippen molar-refractivity contribution in [3.63, 3.8) is 0 Å². The maximum Gasteiger partial charge on any atom is 0.125 e. The van der Waals surface area contributed by atoms with E-state index in [9.17, 15) is 10.0 Å². The highest BCUT2D eigenvalue weighted by Gasteiger charge is 2.30. The number of aliphatic hydroxyl groups is 1. The van der Waals surface area contributed by atoms with Gasteiger partial charge in [-0.05, 0) is 20.3 Å². The van der Waals surface area contributed by atoms with Crippen LogP contribution in [0.2, 0.25) is 0 Å². The number of nitrogens with zero attached hydrogens (tertiary/aromatic N) is 1. The van der Waals surface area contributed by atoms with Gasteiger partial charge in [0.25, 0.3) is 0 Å². The van der Waals surface area contributed by atoms with Crippen LogP contribution in [-0.2, 0) is 0 Å². The van der Waals surface area contributed by atoms with Crippen LogP contribution in [-0.4, -0.2) is 16.7 Å². The van der Waals surface area contributed by atoms with E-state index in [-0.39, 0.29) is 0 Å². The average molecular weight is 384 g/mol. The number of nitroso groups, excluding NO2 is 1. The Bertz CT molecular complexity index is 320. The zero-order valence-electron chi connectivity index (χ0n) is 18.8. The van der Waals surface area contributed by atoms with Crippen molar-refractivity contribution >= 4 is 0 Å². The Labute approximate surface area is 170 Å². The van der Waals surface area contributed by atoms with Gasteiger partial charge in [-0.3, -0.25) is 0 Å². The van der Waals surface area contributed by atoms with Crippen LogP contribution in [0, 0.1) is 4.91 Å². The van der Waals surface area contributed by atoms with Crippen LogP contribution in [0.1, 0.15) is 143 Å². The Kier molecular flexibility index (Phi) is 18.6. The molecular weight excluding hydrogens is 334 g/mol. The van der Waals surface area contributed by atoms with Gasteiger partial charge in [0.05, 0.1) is 6.10 Å². The zero-order valence-corrected chi connectivity index (χ0v) is 18.8. The van der Waals surface area contributed by atoms with Gasteiger partial charge in [-0.25, -0.2) is 0 Å². The molecule has 0 bridgehead atoms. The lowest BCUT2D eigenvalue weighted by Crippen LogP contribution is -2.34. The van der Waals surface area contributed by atoms with Crippen molar-refractivity contribution < 1.29 is 5.11 Å². The second kappa shape index (κ2) is 18.9. The fraction of sp³-hybridized carbons (Fsp3) is 1.00. The summed E-state index contributed by atoms with van der Waals surface area (Å²) in [7, 11) is 0. The van der Waals surface area contributed by atoms with Gasteiger partial charge in [0.2, 0.25) is 0 Å². The Morgan fingerprint density at radius 1 is 0.667 bits per heavy atom. The number of hydrogen-bond donors (Lipinski definition) is 1. The van der Waals surface area contributed by atoms with Crippen LogP contribution in [0.5, 0.6) is 0 Å². The molecule has 3 nitrogen and oxygen atoms in total. The van der Waals surface area contributed by atoms with Crippen LogP contribution in [0.4, 0.5) is 0 Å². The quantitative estimate of drug-likeness (QED) is 0.160. The van der Waals surface area contributed by atoms with Crippen LogP contribution >= 0.6 is 0 Å². The summed E-state index contributed by atoms with van der Waals surface area (Å²) in [5.74, 6) is 0. The largest absolute Gasteiger partial charge is 0.391 e. The van der Waals surface area contributed by atoms with Gasteiger partial charge in [-0.15, -0.1) is 0 Å². The van der Waals surface area contributed by atoms with Crippen molar-refractivity contribution in [2.45, 2.75) is 154 Å². The van der Waals surface area contributed by atoms with Crippen molar-refractivity contribution in [3.8, 4) is 0 Å². The topological polar surface area (TPSA) is 49.7 Å². The van der Waals surface area contributed by atoms with Gasteiger partial charge in [-0.2, -0.15) is 4.91 Å². The predicted molar refractivity (Wildman–Crippen MR) is 119 cm³/mol. The minimum atomic E-state index is -0.797. The van der Waals surface area contributed by atoms with Gasteiger partial charge in [-0.1, -0.05) is 128 Å². The Hall–Kier alpha value is -0.440. The summed E-state index contributed by atoms with van der Waals surface area (Å²) in [6.07, 6.45) is 24.5. The molecule has 0 fully saturated rings. The molecule has 162 valence electrons. The lowest BCUT2D eigenvalue weighted by molar-refractivity contribution is 0.104. The van der Waals surface area contributed by atoms with E-state index in [1.165, 1.54) is 103 Å². The summed E-state index contributed by atoms with van der Waals surface area (Å²) in [6.45, 7) is 5.71. The lowest BCUT2D eigenvalue weighted by atomic mass is 9.90. The van der Waals surface area contributed by atoms with Crippen molar-refractivity contribution in [3.05, 3.63) is 4.91 Å². The van der Waals surface area contributed by atoms with Crippen molar-refractivity contribution in [2.24, 2.45) is 5.18 Å². The molecule has 2 unspecified atom stereocenters. The standard InChI is InChI=1S/C24H49NO2/c1-4-5-6-7-8-9-10-11-12-13-14-15-16-17-18-19-20-21-22-24(3,25-27)23(2)26/h23,26H,4-22H2,1-3H3. The SMILES string of the molecule is CCCCCCCCCCCCCCCCCCCCC(C)(N=O)C(C)O. The van der Waals surface area contributed by atoms with Crippen LogP contribution < -0.4 is 0 Å². The first kappa shape index (κ1) is 26.6. The van der Waals surface area contributed by atoms with Gasteiger partial charge in [0.1, 0.15) is 5.54 Å². The summed E-state index contributed by atoms with van der Waals surface area (Å²) >= 11 is 0. The average Bonchev–Trinajstić information content (AvgIpc) is 2.66. The van der Waals surface area contributed by atoms with Gasteiger partial charge >= 0.3 is 0 Å². The Balaban J connectivity index is 3.20. The van der Waals surface area contributed by atoms with Crippen molar-refractivity contribution in [1.29, 1.82) is 0 Å². The van der Waals surface area contributed by atoms with Crippen molar-refractivity contribution in [1.82, 2.24) is 0 Å². The summed E-state index contributed by atoms with van der Waals surface area (Å²) < 4.78 is 0. The molecule has 0 rings (SSSR count). The maximum absolute atomic E-state index is 10.9. The molecule has 0 spiro atoms. The maximum atomic E-state index is 10.9. The molecule has 0 saturated heterocycles. The second-order valence-electron chi connectivity index (χ2n) is 8.88. The molecule has 3 heteroatoms. The first-order chi connectivity index (χ1) is 13.1. The predicted octanol–water partition coefficient (Wildman–Crippen LogP) is 8.32. The molecule has 0 amide bonds. The summed E-state index contributed by atoms with van der Waals surface area (Å²) in [5, 5.41) is 12.8. The van der Waals surface area contributed by atoms with E-state index in [4.69, 9.17) is 0 Å². The monoisotopic (exact) mass is 383 g/mol. The van der Waals surface area contributed by atoms with E-state index in [2.05, 4.69) is 12.1 Å². The molecule has 0 aromatic carbocycles. The second-order valence-corrected chi connectivity index (χ2v) is 8.88. The molecule has 0 radical (unpaired) electrons. The molecule has 0 aromatic heterocycles. The number of hydrogen-bond acceptors (Lipinski definition) is 3. The summed E-state index contributed by atoms with van der Waals surface area (Å²) in [5.41, 5.74) is -0.797. The number of unbranched alkanes of at least 4 members (excludes halogenated alkanes) is 17. The molecule has 0 aliphatic carbocycles.